The molecule has 1 fully saturated rings. The second-order valence-corrected chi connectivity index (χ2v) is 9.24. The zero-order chi connectivity index (χ0) is 24.1. The Balaban J connectivity index is 1.37. The summed E-state index contributed by atoms with van der Waals surface area (Å²) in [7, 11) is 1.59. The first-order chi connectivity index (χ1) is 16.4. The van der Waals surface area contributed by atoms with Crippen LogP contribution in [0.25, 0.3) is 6.08 Å². The molecule has 1 N–H and O–H groups in total. The second kappa shape index (κ2) is 10.7. The van der Waals surface area contributed by atoms with E-state index in [2.05, 4.69) is 5.32 Å². The van der Waals surface area contributed by atoms with E-state index in [1.54, 1.807) is 73.8 Å². The first-order valence-corrected chi connectivity index (χ1v) is 11.7. The largest absolute Gasteiger partial charge is 0.497 e. The minimum Gasteiger partial charge on any atom is -0.497 e. The number of anilines is 2. The quantitative estimate of drug-likeness (QED) is 0.321. The lowest BCUT2D eigenvalue weighted by Crippen LogP contribution is -2.27. The second-order valence-electron chi connectivity index (χ2n) is 7.13. The summed E-state index contributed by atoms with van der Waals surface area (Å²) in [5.74, 6) is 0.755. The maximum atomic E-state index is 12.9. The van der Waals surface area contributed by atoms with Gasteiger partial charge < -0.3 is 14.8 Å². The fraction of sp³-hybridized carbons (Fsp3) is 0.0800. The molecule has 1 heterocycles. The van der Waals surface area contributed by atoms with Crippen molar-refractivity contribution >= 4 is 69.2 Å². The number of nitrogens with zero attached hydrogens (tertiary/aromatic N) is 1. The molecular weight excluding hydrogens is 492 g/mol. The van der Waals surface area contributed by atoms with E-state index in [-0.39, 0.29) is 18.4 Å². The lowest BCUT2D eigenvalue weighted by molar-refractivity contribution is -0.118. The first kappa shape index (κ1) is 23.8. The van der Waals surface area contributed by atoms with E-state index in [0.29, 0.717) is 37.1 Å². The number of thiocarbonyl (C=S) groups is 1. The van der Waals surface area contributed by atoms with E-state index >= 15 is 0 Å². The van der Waals surface area contributed by atoms with Gasteiger partial charge in [0.2, 0.25) is 0 Å². The molecule has 4 rings (SSSR count). The van der Waals surface area contributed by atoms with Crippen molar-refractivity contribution in [2.45, 2.75) is 0 Å². The smallest absolute Gasteiger partial charge is 0.270 e. The van der Waals surface area contributed by atoms with Crippen molar-refractivity contribution in [2.75, 3.05) is 23.9 Å². The Morgan fingerprint density at radius 3 is 2.47 bits per heavy atom. The minimum absolute atomic E-state index is 0.146. The van der Waals surface area contributed by atoms with Crippen LogP contribution in [0.2, 0.25) is 5.02 Å². The van der Waals surface area contributed by atoms with Crippen molar-refractivity contribution < 1.29 is 19.1 Å². The molecule has 2 amide bonds. The van der Waals surface area contributed by atoms with Gasteiger partial charge in [0.1, 0.15) is 11.5 Å². The van der Waals surface area contributed by atoms with Crippen LogP contribution >= 0.6 is 35.6 Å². The number of nitrogens with one attached hydrogen (secondary N) is 1. The van der Waals surface area contributed by atoms with Crippen molar-refractivity contribution in [3.05, 3.63) is 88.3 Å². The van der Waals surface area contributed by atoms with Crippen LogP contribution in [0.1, 0.15) is 5.56 Å². The summed E-state index contributed by atoms with van der Waals surface area (Å²) in [6.45, 7) is -0.146. The number of halogens is 1. The number of hydrogen-bond donors (Lipinski definition) is 1. The highest BCUT2D eigenvalue weighted by Crippen LogP contribution is 2.36. The number of methoxy groups -OCH3 is 1. The summed E-state index contributed by atoms with van der Waals surface area (Å²) in [5.41, 5.74) is 2.10. The van der Waals surface area contributed by atoms with Gasteiger partial charge in [-0.25, -0.2) is 0 Å². The summed E-state index contributed by atoms with van der Waals surface area (Å²) in [6, 6.07) is 21.1. The zero-order valence-electron chi connectivity index (χ0n) is 18.0. The monoisotopic (exact) mass is 510 g/mol. The summed E-state index contributed by atoms with van der Waals surface area (Å²) < 4.78 is 11.2. The molecule has 0 saturated carbocycles. The lowest BCUT2D eigenvalue weighted by Gasteiger charge is -2.14. The number of benzene rings is 3. The van der Waals surface area contributed by atoms with Gasteiger partial charge in [-0.05, 0) is 66.2 Å². The predicted octanol–water partition coefficient (Wildman–Crippen LogP) is 5.77. The molecule has 172 valence electrons. The van der Waals surface area contributed by atoms with Crippen molar-refractivity contribution in [2.24, 2.45) is 0 Å². The van der Waals surface area contributed by atoms with Gasteiger partial charge in [-0.2, -0.15) is 0 Å². The van der Waals surface area contributed by atoms with Crippen molar-refractivity contribution in [3.63, 3.8) is 0 Å². The van der Waals surface area contributed by atoms with Gasteiger partial charge in [-0.3, -0.25) is 14.5 Å². The molecule has 1 aliphatic rings. The topological polar surface area (TPSA) is 67.9 Å². The Hall–Kier alpha value is -3.33. The number of ether oxygens (including phenoxy) is 2. The Morgan fingerprint density at radius 1 is 1.09 bits per heavy atom. The summed E-state index contributed by atoms with van der Waals surface area (Å²) in [4.78, 5) is 27.0. The van der Waals surface area contributed by atoms with E-state index in [4.69, 9.17) is 33.3 Å². The summed E-state index contributed by atoms with van der Waals surface area (Å²) >= 11 is 12.6. The third-order valence-electron chi connectivity index (χ3n) is 4.78. The molecule has 0 aromatic heterocycles. The van der Waals surface area contributed by atoms with Crippen LogP contribution in [0.3, 0.4) is 0 Å². The van der Waals surface area contributed by atoms with Crippen LogP contribution in [-0.2, 0) is 9.59 Å². The summed E-state index contributed by atoms with van der Waals surface area (Å²) in [6.07, 6.45) is 1.78. The first-order valence-electron chi connectivity index (χ1n) is 10.1. The molecule has 0 bridgehead atoms. The number of thioether (sulfide) groups is 1. The molecule has 6 nitrogen and oxygen atoms in total. The molecule has 1 saturated heterocycles. The third kappa shape index (κ3) is 5.77. The highest BCUT2D eigenvalue weighted by Gasteiger charge is 2.33. The maximum absolute atomic E-state index is 12.9. The minimum atomic E-state index is -0.298. The molecule has 0 spiro atoms. The van der Waals surface area contributed by atoms with Crippen molar-refractivity contribution in [1.82, 2.24) is 0 Å². The van der Waals surface area contributed by atoms with Gasteiger partial charge in [0, 0.05) is 10.7 Å². The van der Waals surface area contributed by atoms with E-state index in [1.807, 2.05) is 12.1 Å². The lowest BCUT2D eigenvalue weighted by atomic mass is 10.2. The standard InChI is InChI=1S/C25H19ClN2O4S2/c1-31-20-11-7-19(8-12-20)28-24(30)22(34-25(28)33)13-16-5-9-21(10-6-16)32-15-23(29)27-18-4-2-3-17(26)14-18/h2-14H,15H2,1H3,(H,27,29)/b22-13-. The Bertz CT molecular complexity index is 1260. The maximum Gasteiger partial charge on any atom is 0.270 e. The Labute approximate surface area is 211 Å². The van der Waals surface area contributed by atoms with Gasteiger partial charge in [-0.1, -0.05) is 53.8 Å². The number of carbonyl (C=O) groups excluding carboxylic acids is 2. The Kier molecular flexibility index (Phi) is 7.52. The predicted molar refractivity (Wildman–Crippen MR) is 141 cm³/mol. The van der Waals surface area contributed by atoms with Gasteiger partial charge in [0.15, 0.2) is 10.9 Å². The van der Waals surface area contributed by atoms with Crippen LogP contribution in [0.15, 0.2) is 77.7 Å². The molecule has 0 atom stereocenters. The molecule has 34 heavy (non-hydrogen) atoms. The fourth-order valence-corrected chi connectivity index (χ4v) is 4.63. The highest BCUT2D eigenvalue weighted by molar-refractivity contribution is 8.27. The number of carbonyl (C=O) groups is 2. The van der Waals surface area contributed by atoms with E-state index < -0.39 is 0 Å². The molecule has 3 aromatic carbocycles. The molecule has 3 aromatic rings. The number of rotatable bonds is 7. The third-order valence-corrected chi connectivity index (χ3v) is 6.32. The van der Waals surface area contributed by atoms with Crippen molar-refractivity contribution in [3.8, 4) is 11.5 Å². The molecule has 0 aliphatic carbocycles. The van der Waals surface area contributed by atoms with Crippen LogP contribution in [0.5, 0.6) is 11.5 Å². The number of amides is 2. The number of hydrogen-bond acceptors (Lipinski definition) is 6. The highest BCUT2D eigenvalue weighted by atomic mass is 35.5. The van der Waals surface area contributed by atoms with Gasteiger partial charge in [0.05, 0.1) is 17.7 Å². The van der Waals surface area contributed by atoms with Gasteiger partial charge in [0.25, 0.3) is 11.8 Å². The average molecular weight is 511 g/mol. The van der Waals surface area contributed by atoms with Crippen molar-refractivity contribution in [1.29, 1.82) is 0 Å². The van der Waals surface area contributed by atoms with Crippen LogP contribution < -0.4 is 19.7 Å². The van der Waals surface area contributed by atoms with E-state index in [0.717, 1.165) is 5.56 Å². The van der Waals surface area contributed by atoms with Crippen LogP contribution in [0, 0.1) is 0 Å². The molecule has 9 heteroatoms. The zero-order valence-corrected chi connectivity index (χ0v) is 20.4. The van der Waals surface area contributed by atoms with E-state index in [1.165, 1.54) is 16.7 Å². The molecular formula is C25H19ClN2O4S2. The molecule has 1 aliphatic heterocycles. The molecule has 0 unspecified atom stereocenters. The summed E-state index contributed by atoms with van der Waals surface area (Å²) in [5, 5.41) is 3.26. The normalized spacial score (nSPS) is 14.4. The van der Waals surface area contributed by atoms with Crippen LogP contribution in [0.4, 0.5) is 11.4 Å². The Morgan fingerprint density at radius 2 is 1.79 bits per heavy atom. The fourth-order valence-electron chi connectivity index (χ4n) is 3.15. The SMILES string of the molecule is COc1ccc(N2C(=O)/C(=C/c3ccc(OCC(=O)Nc4cccc(Cl)c4)cc3)SC2=S)cc1. The molecule has 0 radical (unpaired) electrons. The van der Waals surface area contributed by atoms with Gasteiger partial charge >= 0.3 is 0 Å². The van der Waals surface area contributed by atoms with Crippen LogP contribution in [-0.4, -0.2) is 29.9 Å². The average Bonchev–Trinajstić information content (AvgIpc) is 3.11. The van der Waals surface area contributed by atoms with E-state index in [9.17, 15) is 9.59 Å². The van der Waals surface area contributed by atoms with Gasteiger partial charge in [-0.15, -0.1) is 0 Å².